The van der Waals surface area contributed by atoms with Gasteiger partial charge < -0.3 is 14.8 Å². The van der Waals surface area contributed by atoms with Crippen molar-refractivity contribution < 1.29 is 9.47 Å². The van der Waals surface area contributed by atoms with Crippen LogP contribution < -0.4 is 5.32 Å². The Morgan fingerprint density at radius 1 is 1.27 bits per heavy atom. The van der Waals surface area contributed by atoms with Gasteiger partial charge in [0.1, 0.15) is 0 Å². The summed E-state index contributed by atoms with van der Waals surface area (Å²) in [6.45, 7) is 9.92. The van der Waals surface area contributed by atoms with Crippen LogP contribution in [0, 0.1) is 5.41 Å². The van der Waals surface area contributed by atoms with Gasteiger partial charge >= 0.3 is 0 Å². The normalized spacial score (nSPS) is 20.4. The van der Waals surface area contributed by atoms with Crippen molar-refractivity contribution in [2.24, 2.45) is 5.41 Å². The molecule has 0 aromatic heterocycles. The molecule has 0 unspecified atom stereocenters. The fraction of sp³-hybridized carbons (Fsp3) is 1.00. The van der Waals surface area contributed by atoms with Gasteiger partial charge in [-0.1, -0.05) is 6.92 Å². The molecule has 3 nitrogen and oxygen atoms in total. The van der Waals surface area contributed by atoms with Crippen LogP contribution in [0.3, 0.4) is 0 Å². The molecule has 3 heteroatoms. The standard InChI is InChI=1S/C12H25NO2/c1-3-7-13-10-12(11-14-4-2)5-8-15-9-6-12/h13H,3-11H2,1-2H3. The summed E-state index contributed by atoms with van der Waals surface area (Å²) < 4.78 is 11.0. The van der Waals surface area contributed by atoms with E-state index in [0.29, 0.717) is 5.41 Å². The lowest BCUT2D eigenvalue weighted by Gasteiger charge is -2.37. The minimum Gasteiger partial charge on any atom is -0.381 e. The van der Waals surface area contributed by atoms with E-state index >= 15 is 0 Å². The summed E-state index contributed by atoms with van der Waals surface area (Å²) in [6.07, 6.45) is 3.45. The van der Waals surface area contributed by atoms with Gasteiger partial charge in [0, 0.05) is 31.8 Å². The van der Waals surface area contributed by atoms with E-state index in [1.165, 1.54) is 6.42 Å². The van der Waals surface area contributed by atoms with Crippen LogP contribution in [0.1, 0.15) is 33.1 Å². The molecule has 1 saturated heterocycles. The summed E-state index contributed by atoms with van der Waals surface area (Å²) in [5.74, 6) is 0. The van der Waals surface area contributed by atoms with Crippen LogP contribution in [-0.2, 0) is 9.47 Å². The Morgan fingerprint density at radius 2 is 2.00 bits per heavy atom. The maximum atomic E-state index is 5.61. The van der Waals surface area contributed by atoms with Crippen molar-refractivity contribution in [2.45, 2.75) is 33.1 Å². The molecule has 15 heavy (non-hydrogen) atoms. The maximum Gasteiger partial charge on any atom is 0.0536 e. The number of ether oxygens (including phenoxy) is 2. The molecule has 0 aromatic carbocycles. The molecule has 0 aliphatic carbocycles. The molecule has 0 bridgehead atoms. The molecule has 1 fully saturated rings. The van der Waals surface area contributed by atoms with Gasteiger partial charge in [0.15, 0.2) is 0 Å². The quantitative estimate of drug-likeness (QED) is 0.657. The third kappa shape index (κ3) is 4.49. The molecule has 0 atom stereocenters. The molecule has 0 spiro atoms. The third-order valence-electron chi connectivity index (χ3n) is 3.09. The fourth-order valence-electron chi connectivity index (χ4n) is 2.03. The smallest absolute Gasteiger partial charge is 0.0536 e. The SMILES string of the molecule is CCCNCC1(COCC)CCOCC1. The highest BCUT2D eigenvalue weighted by molar-refractivity contribution is 4.84. The first-order valence-corrected chi connectivity index (χ1v) is 6.19. The average molecular weight is 215 g/mol. The Balaban J connectivity index is 2.35. The Morgan fingerprint density at radius 3 is 2.60 bits per heavy atom. The highest BCUT2D eigenvalue weighted by Gasteiger charge is 2.32. The van der Waals surface area contributed by atoms with Crippen LogP contribution in [0.15, 0.2) is 0 Å². The van der Waals surface area contributed by atoms with E-state index in [4.69, 9.17) is 9.47 Å². The molecule has 1 aliphatic heterocycles. The average Bonchev–Trinajstić information content (AvgIpc) is 2.28. The molecular formula is C12H25NO2. The number of nitrogens with one attached hydrogen (secondary N) is 1. The number of hydrogen-bond acceptors (Lipinski definition) is 3. The monoisotopic (exact) mass is 215 g/mol. The van der Waals surface area contributed by atoms with Gasteiger partial charge in [-0.15, -0.1) is 0 Å². The molecule has 90 valence electrons. The second kappa shape index (κ2) is 7.20. The molecular weight excluding hydrogens is 190 g/mol. The van der Waals surface area contributed by atoms with Gasteiger partial charge in [0.2, 0.25) is 0 Å². The molecule has 1 N–H and O–H groups in total. The third-order valence-corrected chi connectivity index (χ3v) is 3.09. The second-order valence-electron chi connectivity index (χ2n) is 4.43. The Hall–Kier alpha value is -0.120. The summed E-state index contributed by atoms with van der Waals surface area (Å²) in [5, 5.41) is 3.52. The lowest BCUT2D eigenvalue weighted by atomic mass is 9.81. The first-order chi connectivity index (χ1) is 7.33. The topological polar surface area (TPSA) is 30.5 Å². The van der Waals surface area contributed by atoms with Crippen LogP contribution in [0.2, 0.25) is 0 Å². The van der Waals surface area contributed by atoms with Gasteiger partial charge in [-0.2, -0.15) is 0 Å². The molecule has 1 aliphatic rings. The minimum absolute atomic E-state index is 0.323. The van der Waals surface area contributed by atoms with Gasteiger partial charge in [0.05, 0.1) is 6.61 Å². The molecule has 0 aromatic rings. The molecule has 0 radical (unpaired) electrons. The largest absolute Gasteiger partial charge is 0.381 e. The van der Waals surface area contributed by atoms with E-state index in [-0.39, 0.29) is 0 Å². The zero-order valence-corrected chi connectivity index (χ0v) is 10.2. The van der Waals surface area contributed by atoms with Crippen molar-refractivity contribution >= 4 is 0 Å². The van der Waals surface area contributed by atoms with E-state index in [9.17, 15) is 0 Å². The maximum absolute atomic E-state index is 5.61. The highest BCUT2D eigenvalue weighted by atomic mass is 16.5. The Labute approximate surface area is 93.5 Å². The molecule has 1 rings (SSSR count). The zero-order valence-electron chi connectivity index (χ0n) is 10.2. The van der Waals surface area contributed by atoms with Crippen molar-refractivity contribution in [2.75, 3.05) is 39.5 Å². The van der Waals surface area contributed by atoms with Crippen molar-refractivity contribution in [3.63, 3.8) is 0 Å². The first-order valence-electron chi connectivity index (χ1n) is 6.19. The van der Waals surface area contributed by atoms with Crippen molar-refractivity contribution in [3.8, 4) is 0 Å². The fourth-order valence-corrected chi connectivity index (χ4v) is 2.03. The van der Waals surface area contributed by atoms with Crippen LogP contribution in [0.25, 0.3) is 0 Å². The molecule has 0 saturated carbocycles. The summed E-state index contributed by atoms with van der Waals surface area (Å²) >= 11 is 0. The van der Waals surface area contributed by atoms with E-state index in [0.717, 1.165) is 52.4 Å². The summed E-state index contributed by atoms with van der Waals surface area (Å²) in [6, 6.07) is 0. The summed E-state index contributed by atoms with van der Waals surface area (Å²) in [7, 11) is 0. The Bertz CT molecular complexity index is 156. The Kier molecular flexibility index (Phi) is 6.22. The number of hydrogen-bond donors (Lipinski definition) is 1. The van der Waals surface area contributed by atoms with Gasteiger partial charge in [-0.3, -0.25) is 0 Å². The minimum atomic E-state index is 0.323. The van der Waals surface area contributed by atoms with Crippen molar-refractivity contribution in [1.29, 1.82) is 0 Å². The molecule has 1 heterocycles. The summed E-state index contributed by atoms with van der Waals surface area (Å²) in [4.78, 5) is 0. The first kappa shape index (κ1) is 12.9. The number of rotatable bonds is 7. The highest BCUT2D eigenvalue weighted by Crippen LogP contribution is 2.30. The van der Waals surface area contributed by atoms with E-state index < -0.39 is 0 Å². The van der Waals surface area contributed by atoms with E-state index in [1.54, 1.807) is 0 Å². The lowest BCUT2D eigenvalue weighted by Crippen LogP contribution is -2.42. The van der Waals surface area contributed by atoms with Crippen LogP contribution in [0.4, 0.5) is 0 Å². The van der Waals surface area contributed by atoms with E-state index in [2.05, 4.69) is 19.2 Å². The van der Waals surface area contributed by atoms with Crippen molar-refractivity contribution in [3.05, 3.63) is 0 Å². The predicted molar refractivity (Wildman–Crippen MR) is 62.1 cm³/mol. The lowest BCUT2D eigenvalue weighted by molar-refractivity contribution is -0.0361. The zero-order chi connectivity index (χ0) is 11.0. The molecule has 0 amide bonds. The second-order valence-corrected chi connectivity index (χ2v) is 4.43. The van der Waals surface area contributed by atoms with Gasteiger partial charge in [-0.05, 0) is 32.7 Å². The van der Waals surface area contributed by atoms with Crippen LogP contribution >= 0.6 is 0 Å². The summed E-state index contributed by atoms with van der Waals surface area (Å²) in [5.41, 5.74) is 0.323. The van der Waals surface area contributed by atoms with Crippen LogP contribution in [-0.4, -0.2) is 39.5 Å². The predicted octanol–water partition coefficient (Wildman–Crippen LogP) is 1.82. The van der Waals surface area contributed by atoms with Crippen molar-refractivity contribution in [1.82, 2.24) is 5.32 Å². The van der Waals surface area contributed by atoms with Crippen LogP contribution in [0.5, 0.6) is 0 Å². The van der Waals surface area contributed by atoms with E-state index in [1.807, 2.05) is 0 Å². The van der Waals surface area contributed by atoms with Gasteiger partial charge in [0.25, 0.3) is 0 Å². The van der Waals surface area contributed by atoms with Gasteiger partial charge in [-0.25, -0.2) is 0 Å².